The fourth-order valence-corrected chi connectivity index (χ4v) is 3.09. The molecule has 136 valence electrons. The van der Waals surface area contributed by atoms with Crippen molar-refractivity contribution in [2.24, 2.45) is 5.92 Å². The molecule has 5 nitrogen and oxygen atoms in total. The molecule has 0 fully saturated rings. The fraction of sp³-hybridized carbons (Fsp3) is 0.333. The molecule has 0 bridgehead atoms. The number of carbonyl (C=O) groups is 1. The molecule has 0 unspecified atom stereocenters. The monoisotopic (exact) mass is 351 g/mol. The van der Waals surface area contributed by atoms with Crippen LogP contribution in [0.1, 0.15) is 49.8 Å². The standard InChI is InChI=1S/C21H25N3O2/c1-13(2)11-17-12-20(23-24(17)14(3)4)19-10-9-18(22-19)15-5-7-16(8-6-15)21(25)26/h5-10,12-14,22H,11H2,1-4H3,(H,25,26). The molecule has 2 heterocycles. The summed E-state index contributed by atoms with van der Waals surface area (Å²) in [5.41, 5.74) is 5.32. The number of benzene rings is 1. The van der Waals surface area contributed by atoms with Crippen molar-refractivity contribution in [3.8, 4) is 22.6 Å². The van der Waals surface area contributed by atoms with Gasteiger partial charge in [0.1, 0.15) is 5.69 Å². The quantitative estimate of drug-likeness (QED) is 0.655. The summed E-state index contributed by atoms with van der Waals surface area (Å²) in [4.78, 5) is 14.4. The average Bonchev–Trinajstić information content (AvgIpc) is 3.21. The minimum atomic E-state index is -0.916. The predicted molar refractivity (Wildman–Crippen MR) is 103 cm³/mol. The van der Waals surface area contributed by atoms with Crippen LogP contribution in [-0.2, 0) is 6.42 Å². The Morgan fingerprint density at radius 1 is 1.08 bits per heavy atom. The van der Waals surface area contributed by atoms with Crippen LogP contribution in [0.15, 0.2) is 42.5 Å². The summed E-state index contributed by atoms with van der Waals surface area (Å²) >= 11 is 0. The van der Waals surface area contributed by atoms with Gasteiger partial charge in [-0.2, -0.15) is 5.10 Å². The first-order valence-electron chi connectivity index (χ1n) is 8.96. The third-order valence-electron chi connectivity index (χ3n) is 4.32. The maximum absolute atomic E-state index is 11.0. The van der Waals surface area contributed by atoms with Gasteiger partial charge in [-0.25, -0.2) is 4.79 Å². The number of rotatable bonds is 6. The number of carboxylic acid groups (broad SMARTS) is 1. The van der Waals surface area contributed by atoms with Crippen LogP contribution in [0.3, 0.4) is 0 Å². The van der Waals surface area contributed by atoms with Crippen molar-refractivity contribution in [2.45, 2.75) is 40.2 Å². The number of aromatic carboxylic acids is 1. The number of aromatic nitrogens is 3. The number of H-pyrrole nitrogens is 1. The number of hydrogen-bond donors (Lipinski definition) is 2. The van der Waals surface area contributed by atoms with Crippen LogP contribution in [-0.4, -0.2) is 25.8 Å². The van der Waals surface area contributed by atoms with Gasteiger partial charge in [0.2, 0.25) is 0 Å². The van der Waals surface area contributed by atoms with Gasteiger partial charge < -0.3 is 10.1 Å². The molecule has 3 rings (SSSR count). The summed E-state index contributed by atoms with van der Waals surface area (Å²) in [7, 11) is 0. The smallest absolute Gasteiger partial charge is 0.335 e. The molecule has 2 aromatic heterocycles. The van der Waals surface area contributed by atoms with Crippen LogP contribution in [0, 0.1) is 5.92 Å². The molecule has 3 aromatic rings. The van der Waals surface area contributed by atoms with E-state index in [0.717, 1.165) is 29.1 Å². The molecule has 0 aliphatic carbocycles. The summed E-state index contributed by atoms with van der Waals surface area (Å²) in [6.07, 6.45) is 0.995. The molecule has 5 heteroatoms. The number of aromatic amines is 1. The van der Waals surface area contributed by atoms with Crippen molar-refractivity contribution in [2.75, 3.05) is 0 Å². The SMILES string of the molecule is CC(C)Cc1cc(-c2ccc(-c3ccc(C(=O)O)cc3)[nH]2)nn1C(C)C. The number of hydrogen-bond acceptors (Lipinski definition) is 2. The van der Waals surface area contributed by atoms with Gasteiger partial charge in [0, 0.05) is 17.4 Å². The van der Waals surface area contributed by atoms with Gasteiger partial charge in [0.25, 0.3) is 0 Å². The number of nitrogens with zero attached hydrogens (tertiary/aromatic N) is 2. The van der Waals surface area contributed by atoms with E-state index >= 15 is 0 Å². The highest BCUT2D eigenvalue weighted by molar-refractivity contribution is 5.88. The molecule has 1 aromatic carbocycles. The second kappa shape index (κ2) is 7.20. The Labute approximate surface area is 153 Å². The van der Waals surface area contributed by atoms with Crippen molar-refractivity contribution in [1.29, 1.82) is 0 Å². The van der Waals surface area contributed by atoms with Crippen molar-refractivity contribution in [3.63, 3.8) is 0 Å². The molecule has 2 N–H and O–H groups in total. The van der Waals surface area contributed by atoms with Gasteiger partial charge >= 0.3 is 5.97 Å². The van der Waals surface area contributed by atoms with E-state index in [-0.39, 0.29) is 5.56 Å². The maximum atomic E-state index is 11.0. The zero-order valence-corrected chi connectivity index (χ0v) is 15.7. The lowest BCUT2D eigenvalue weighted by Gasteiger charge is -2.12. The summed E-state index contributed by atoms with van der Waals surface area (Å²) in [5.74, 6) is -0.343. The third-order valence-corrected chi connectivity index (χ3v) is 4.32. The van der Waals surface area contributed by atoms with Crippen molar-refractivity contribution in [3.05, 3.63) is 53.7 Å². The van der Waals surface area contributed by atoms with Crippen LogP contribution in [0.25, 0.3) is 22.6 Å². The minimum absolute atomic E-state index is 0.287. The number of carboxylic acids is 1. The Morgan fingerprint density at radius 2 is 1.73 bits per heavy atom. The van der Waals surface area contributed by atoms with Gasteiger partial charge in [-0.05, 0) is 62.1 Å². The average molecular weight is 351 g/mol. The molecule has 0 spiro atoms. The van der Waals surface area contributed by atoms with Gasteiger partial charge in [0.15, 0.2) is 0 Å². The van der Waals surface area contributed by atoms with E-state index in [1.807, 2.05) is 24.3 Å². The van der Waals surface area contributed by atoms with Crippen LogP contribution >= 0.6 is 0 Å². The van der Waals surface area contributed by atoms with Crippen LogP contribution < -0.4 is 0 Å². The van der Waals surface area contributed by atoms with Crippen LogP contribution in [0.4, 0.5) is 0 Å². The number of nitrogens with one attached hydrogen (secondary N) is 1. The lowest BCUT2D eigenvalue weighted by Crippen LogP contribution is -2.09. The lowest BCUT2D eigenvalue weighted by atomic mass is 10.1. The van der Waals surface area contributed by atoms with Gasteiger partial charge in [-0.3, -0.25) is 4.68 Å². The highest BCUT2D eigenvalue weighted by Gasteiger charge is 2.14. The van der Waals surface area contributed by atoms with E-state index in [4.69, 9.17) is 10.2 Å². The summed E-state index contributed by atoms with van der Waals surface area (Å²) < 4.78 is 2.09. The third kappa shape index (κ3) is 3.72. The Kier molecular flexibility index (Phi) is 4.98. The van der Waals surface area contributed by atoms with Crippen molar-refractivity contribution >= 4 is 5.97 Å². The molecule has 0 saturated heterocycles. The lowest BCUT2D eigenvalue weighted by molar-refractivity contribution is 0.0697. The van der Waals surface area contributed by atoms with E-state index in [2.05, 4.69) is 43.4 Å². The van der Waals surface area contributed by atoms with E-state index < -0.39 is 5.97 Å². The normalized spacial score (nSPS) is 11.5. The Bertz CT molecular complexity index is 902. The molecular formula is C21H25N3O2. The molecule has 0 saturated carbocycles. The zero-order chi connectivity index (χ0) is 18.8. The fourth-order valence-electron chi connectivity index (χ4n) is 3.09. The van der Waals surface area contributed by atoms with Crippen LogP contribution in [0.5, 0.6) is 0 Å². The van der Waals surface area contributed by atoms with E-state index in [1.54, 1.807) is 12.1 Å². The molecule has 0 aliphatic heterocycles. The summed E-state index contributed by atoms with van der Waals surface area (Å²) in [6.45, 7) is 8.71. The molecule has 26 heavy (non-hydrogen) atoms. The summed E-state index contributed by atoms with van der Waals surface area (Å²) in [6, 6.07) is 13.4. The maximum Gasteiger partial charge on any atom is 0.335 e. The molecule has 0 amide bonds. The molecule has 0 radical (unpaired) electrons. The predicted octanol–water partition coefficient (Wildman–Crippen LogP) is 5.02. The molecule has 0 aliphatic rings. The Balaban J connectivity index is 1.91. The zero-order valence-electron chi connectivity index (χ0n) is 15.7. The van der Waals surface area contributed by atoms with E-state index in [0.29, 0.717) is 12.0 Å². The Morgan fingerprint density at radius 3 is 2.31 bits per heavy atom. The van der Waals surface area contributed by atoms with Gasteiger partial charge in [-0.1, -0.05) is 26.0 Å². The van der Waals surface area contributed by atoms with Crippen molar-refractivity contribution in [1.82, 2.24) is 14.8 Å². The first kappa shape index (κ1) is 18.0. The van der Waals surface area contributed by atoms with Gasteiger partial charge in [-0.15, -0.1) is 0 Å². The van der Waals surface area contributed by atoms with Gasteiger partial charge in [0.05, 0.1) is 11.3 Å². The first-order chi connectivity index (χ1) is 12.3. The molecule has 0 atom stereocenters. The molecular weight excluding hydrogens is 326 g/mol. The Hall–Kier alpha value is -2.82. The topological polar surface area (TPSA) is 70.9 Å². The first-order valence-corrected chi connectivity index (χ1v) is 8.96. The highest BCUT2D eigenvalue weighted by atomic mass is 16.4. The second-order valence-corrected chi connectivity index (χ2v) is 7.33. The van der Waals surface area contributed by atoms with E-state index in [9.17, 15) is 4.79 Å². The van der Waals surface area contributed by atoms with Crippen LogP contribution in [0.2, 0.25) is 0 Å². The van der Waals surface area contributed by atoms with E-state index in [1.165, 1.54) is 5.69 Å². The highest BCUT2D eigenvalue weighted by Crippen LogP contribution is 2.26. The second-order valence-electron chi connectivity index (χ2n) is 7.33. The summed E-state index contributed by atoms with van der Waals surface area (Å²) in [5, 5.41) is 13.8. The van der Waals surface area contributed by atoms with Crippen molar-refractivity contribution < 1.29 is 9.90 Å². The largest absolute Gasteiger partial charge is 0.478 e. The minimum Gasteiger partial charge on any atom is -0.478 e.